The second kappa shape index (κ2) is 7.56. The van der Waals surface area contributed by atoms with Gasteiger partial charge in [0, 0.05) is 14.1 Å². The van der Waals surface area contributed by atoms with Crippen LogP contribution in [-0.2, 0) is 6.42 Å². The summed E-state index contributed by atoms with van der Waals surface area (Å²) in [5.74, 6) is 1.31. The summed E-state index contributed by atoms with van der Waals surface area (Å²) in [5.41, 5.74) is 1.03. The van der Waals surface area contributed by atoms with E-state index >= 15 is 0 Å². The van der Waals surface area contributed by atoms with Crippen LogP contribution in [0, 0.1) is 0 Å². The molecule has 0 bridgehead atoms. The lowest BCUT2D eigenvalue weighted by atomic mass is 10.1. The second-order valence-corrected chi connectivity index (χ2v) is 5.29. The molecule has 0 aliphatic heterocycles. The summed E-state index contributed by atoms with van der Waals surface area (Å²) in [6.07, 6.45) is 5.88. The van der Waals surface area contributed by atoms with Gasteiger partial charge in [-0.25, -0.2) is 4.98 Å². The lowest BCUT2D eigenvalue weighted by Crippen LogP contribution is -2.14. The molecule has 1 aromatic heterocycles. The Labute approximate surface area is 118 Å². The number of aryl methyl sites for hydroxylation is 1. The van der Waals surface area contributed by atoms with Crippen LogP contribution in [0.5, 0.6) is 5.88 Å². The van der Waals surface area contributed by atoms with Gasteiger partial charge < -0.3 is 9.64 Å². The van der Waals surface area contributed by atoms with E-state index in [4.69, 9.17) is 4.74 Å². The molecule has 0 radical (unpaired) electrons. The SMILES string of the molecule is CCCCCCc1nc(N(C)C)nc(OC)c1Br. The van der Waals surface area contributed by atoms with Gasteiger partial charge in [-0.15, -0.1) is 0 Å². The van der Waals surface area contributed by atoms with Crippen LogP contribution in [0.2, 0.25) is 0 Å². The number of hydrogen-bond donors (Lipinski definition) is 0. The summed E-state index contributed by atoms with van der Waals surface area (Å²) in [6, 6.07) is 0. The van der Waals surface area contributed by atoms with Crippen molar-refractivity contribution in [2.75, 3.05) is 26.1 Å². The highest BCUT2D eigenvalue weighted by molar-refractivity contribution is 9.10. The fourth-order valence-electron chi connectivity index (χ4n) is 1.68. The van der Waals surface area contributed by atoms with E-state index in [2.05, 4.69) is 32.8 Å². The molecule has 0 spiro atoms. The zero-order chi connectivity index (χ0) is 13.5. The third-order valence-electron chi connectivity index (χ3n) is 2.74. The maximum Gasteiger partial charge on any atom is 0.232 e. The van der Waals surface area contributed by atoms with E-state index in [1.807, 2.05) is 19.0 Å². The fourth-order valence-corrected chi connectivity index (χ4v) is 2.22. The summed E-state index contributed by atoms with van der Waals surface area (Å²) in [7, 11) is 5.50. The lowest BCUT2D eigenvalue weighted by molar-refractivity contribution is 0.393. The van der Waals surface area contributed by atoms with Crippen LogP contribution in [0.1, 0.15) is 38.3 Å². The number of anilines is 1. The van der Waals surface area contributed by atoms with Crippen molar-refractivity contribution >= 4 is 21.9 Å². The smallest absolute Gasteiger partial charge is 0.232 e. The van der Waals surface area contributed by atoms with Gasteiger partial charge in [0.2, 0.25) is 11.8 Å². The Kier molecular flexibility index (Phi) is 6.39. The predicted octanol–water partition coefficient (Wildman–Crippen LogP) is 3.44. The van der Waals surface area contributed by atoms with Crippen LogP contribution in [0.15, 0.2) is 4.47 Å². The molecule has 18 heavy (non-hydrogen) atoms. The summed E-state index contributed by atoms with van der Waals surface area (Å²) in [6.45, 7) is 2.22. The first kappa shape index (κ1) is 15.2. The van der Waals surface area contributed by atoms with E-state index in [9.17, 15) is 0 Å². The third-order valence-corrected chi connectivity index (χ3v) is 3.53. The van der Waals surface area contributed by atoms with E-state index in [0.29, 0.717) is 11.8 Å². The van der Waals surface area contributed by atoms with Gasteiger partial charge in [0.05, 0.1) is 12.8 Å². The molecule has 0 aromatic carbocycles. The van der Waals surface area contributed by atoms with Gasteiger partial charge in [-0.3, -0.25) is 0 Å². The fraction of sp³-hybridized carbons (Fsp3) is 0.692. The number of ether oxygens (including phenoxy) is 1. The summed E-state index contributed by atoms with van der Waals surface area (Å²) >= 11 is 3.53. The number of aromatic nitrogens is 2. The third kappa shape index (κ3) is 4.12. The van der Waals surface area contributed by atoms with Crippen molar-refractivity contribution in [3.05, 3.63) is 10.2 Å². The summed E-state index contributed by atoms with van der Waals surface area (Å²) < 4.78 is 6.16. The van der Waals surface area contributed by atoms with Gasteiger partial charge in [0.15, 0.2) is 0 Å². The molecule has 0 N–H and O–H groups in total. The van der Waals surface area contributed by atoms with Crippen molar-refractivity contribution in [2.24, 2.45) is 0 Å². The average Bonchev–Trinajstić information content (AvgIpc) is 2.36. The Hall–Kier alpha value is -0.840. The number of halogens is 1. The van der Waals surface area contributed by atoms with Gasteiger partial charge in [0.25, 0.3) is 0 Å². The molecule has 0 unspecified atom stereocenters. The van der Waals surface area contributed by atoms with Crippen molar-refractivity contribution < 1.29 is 4.74 Å². The Morgan fingerprint density at radius 1 is 1.17 bits per heavy atom. The molecule has 0 fully saturated rings. The number of unbranched alkanes of at least 4 members (excludes halogenated alkanes) is 3. The Morgan fingerprint density at radius 2 is 1.89 bits per heavy atom. The molecule has 1 rings (SSSR count). The Bertz CT molecular complexity index is 383. The monoisotopic (exact) mass is 315 g/mol. The minimum Gasteiger partial charge on any atom is -0.480 e. The van der Waals surface area contributed by atoms with Crippen LogP contribution in [0.4, 0.5) is 5.95 Å². The largest absolute Gasteiger partial charge is 0.480 e. The molecular formula is C13H22BrN3O. The normalized spacial score (nSPS) is 10.5. The van der Waals surface area contributed by atoms with Crippen LogP contribution in [0.3, 0.4) is 0 Å². The Morgan fingerprint density at radius 3 is 2.44 bits per heavy atom. The summed E-state index contributed by atoms with van der Waals surface area (Å²) in [5, 5.41) is 0. The van der Waals surface area contributed by atoms with Crippen molar-refractivity contribution in [3.63, 3.8) is 0 Å². The van der Waals surface area contributed by atoms with E-state index < -0.39 is 0 Å². The van der Waals surface area contributed by atoms with Gasteiger partial charge in [0.1, 0.15) is 4.47 Å². The quantitative estimate of drug-likeness (QED) is 0.722. The molecule has 0 aliphatic rings. The number of nitrogens with zero attached hydrogens (tertiary/aromatic N) is 3. The first-order valence-corrected chi connectivity index (χ1v) is 7.17. The number of hydrogen-bond acceptors (Lipinski definition) is 4. The van der Waals surface area contributed by atoms with Gasteiger partial charge in [-0.05, 0) is 28.8 Å². The first-order chi connectivity index (χ1) is 8.60. The average molecular weight is 316 g/mol. The van der Waals surface area contributed by atoms with E-state index in [1.165, 1.54) is 19.3 Å². The van der Waals surface area contributed by atoms with Crippen LogP contribution in [-0.4, -0.2) is 31.2 Å². The minimum atomic E-state index is 0.610. The summed E-state index contributed by atoms with van der Waals surface area (Å²) in [4.78, 5) is 10.8. The highest BCUT2D eigenvalue weighted by Crippen LogP contribution is 2.28. The van der Waals surface area contributed by atoms with Crippen molar-refractivity contribution in [2.45, 2.75) is 39.0 Å². The van der Waals surface area contributed by atoms with E-state index in [1.54, 1.807) is 7.11 Å². The van der Waals surface area contributed by atoms with Crippen LogP contribution < -0.4 is 9.64 Å². The first-order valence-electron chi connectivity index (χ1n) is 6.37. The minimum absolute atomic E-state index is 0.610. The molecule has 102 valence electrons. The molecule has 0 saturated heterocycles. The topological polar surface area (TPSA) is 38.2 Å². The molecule has 0 amide bonds. The molecule has 1 heterocycles. The van der Waals surface area contributed by atoms with Crippen LogP contribution >= 0.6 is 15.9 Å². The van der Waals surface area contributed by atoms with Crippen molar-refractivity contribution in [1.82, 2.24) is 9.97 Å². The van der Waals surface area contributed by atoms with E-state index in [-0.39, 0.29) is 0 Å². The number of methoxy groups -OCH3 is 1. The molecular weight excluding hydrogens is 294 g/mol. The molecule has 0 atom stereocenters. The maximum absolute atomic E-state index is 5.28. The maximum atomic E-state index is 5.28. The van der Waals surface area contributed by atoms with Crippen molar-refractivity contribution in [3.8, 4) is 5.88 Å². The van der Waals surface area contributed by atoms with Gasteiger partial charge in [-0.2, -0.15) is 4.98 Å². The predicted molar refractivity (Wildman–Crippen MR) is 78.5 cm³/mol. The van der Waals surface area contributed by atoms with Crippen molar-refractivity contribution in [1.29, 1.82) is 0 Å². The molecule has 0 saturated carbocycles. The highest BCUT2D eigenvalue weighted by atomic mass is 79.9. The highest BCUT2D eigenvalue weighted by Gasteiger charge is 2.13. The lowest BCUT2D eigenvalue weighted by Gasteiger charge is -2.14. The van der Waals surface area contributed by atoms with Crippen LogP contribution in [0.25, 0.3) is 0 Å². The Balaban J connectivity index is 2.84. The van der Waals surface area contributed by atoms with Gasteiger partial charge in [-0.1, -0.05) is 26.2 Å². The zero-order valence-electron chi connectivity index (χ0n) is 11.7. The molecule has 4 nitrogen and oxygen atoms in total. The second-order valence-electron chi connectivity index (χ2n) is 4.50. The molecule has 1 aromatic rings. The van der Waals surface area contributed by atoms with E-state index in [0.717, 1.165) is 23.0 Å². The van der Waals surface area contributed by atoms with Gasteiger partial charge >= 0.3 is 0 Å². The standard InChI is InChI=1S/C13H22BrN3O/c1-5-6-7-8-9-10-11(14)12(18-4)16-13(15-10)17(2)3/h5-9H2,1-4H3. The zero-order valence-corrected chi connectivity index (χ0v) is 13.2. The molecule has 0 aliphatic carbocycles. The number of rotatable bonds is 7. The molecule has 5 heteroatoms.